The van der Waals surface area contributed by atoms with Gasteiger partial charge in [-0.3, -0.25) is 14.4 Å². The first kappa shape index (κ1) is 49.6. The van der Waals surface area contributed by atoms with Gasteiger partial charge in [-0.2, -0.15) is 0 Å². The molecule has 52 heavy (non-hydrogen) atoms. The monoisotopic (exact) mass is 737 g/mol. The second-order valence-corrected chi connectivity index (χ2v) is 14.8. The van der Waals surface area contributed by atoms with E-state index >= 15 is 0 Å². The van der Waals surface area contributed by atoms with Gasteiger partial charge in [-0.15, -0.1) is 0 Å². The Kier molecular flexibility index (Phi) is 36.5. The Morgan fingerprint density at radius 1 is 0.558 bits per heavy atom. The average molecular weight is 737 g/mol. The normalized spacial score (nSPS) is 12.5. The number of ether oxygens (including phenoxy) is 1. The molecule has 0 aromatic carbocycles. The van der Waals surface area contributed by atoms with Crippen molar-refractivity contribution in [3.8, 4) is 0 Å². The van der Waals surface area contributed by atoms with Gasteiger partial charge in [0.15, 0.2) is 0 Å². The Balaban J connectivity index is 4.34. The van der Waals surface area contributed by atoms with E-state index in [0.29, 0.717) is 19.3 Å². The van der Waals surface area contributed by atoms with Crippen molar-refractivity contribution in [2.24, 2.45) is 0 Å². The molecule has 0 aliphatic rings. The van der Waals surface area contributed by atoms with Crippen LogP contribution in [0.3, 0.4) is 0 Å². The number of nitrogens with one attached hydrogen (secondary N) is 2. The van der Waals surface area contributed by atoms with Crippen LogP contribution in [0.15, 0.2) is 12.2 Å². The first-order chi connectivity index (χ1) is 25.3. The molecule has 0 radical (unpaired) electrons. The number of carbonyl (C=O) groups is 4. The Labute approximate surface area is 318 Å². The zero-order valence-corrected chi connectivity index (χ0v) is 33.6. The molecule has 0 bridgehead atoms. The minimum atomic E-state index is -1.38. The smallest absolute Gasteiger partial charge is 0.328 e. The summed E-state index contributed by atoms with van der Waals surface area (Å²) in [6, 6.07) is -1.38. The third kappa shape index (κ3) is 34.7. The number of rotatable bonds is 39. The molecule has 4 N–H and O–H groups in total. The molecule has 0 rings (SSSR count). The zero-order valence-electron chi connectivity index (χ0n) is 33.6. The van der Waals surface area contributed by atoms with Gasteiger partial charge >= 0.3 is 11.9 Å². The van der Waals surface area contributed by atoms with E-state index in [2.05, 4.69) is 36.6 Å². The average Bonchev–Trinajstić information content (AvgIpc) is 3.13. The molecule has 0 saturated carbocycles. The number of aliphatic carboxylic acids is 1. The van der Waals surface area contributed by atoms with E-state index in [0.717, 1.165) is 70.6 Å². The van der Waals surface area contributed by atoms with Gasteiger partial charge in [0, 0.05) is 12.8 Å². The van der Waals surface area contributed by atoms with E-state index in [1.54, 1.807) is 0 Å². The highest BCUT2D eigenvalue weighted by atomic mass is 16.5. The molecule has 0 aromatic heterocycles. The lowest BCUT2D eigenvalue weighted by Crippen LogP contribution is -2.47. The minimum absolute atomic E-state index is 0.0372. The highest BCUT2D eigenvalue weighted by molar-refractivity contribution is 5.87. The lowest BCUT2D eigenvalue weighted by molar-refractivity contribution is -0.150. The van der Waals surface area contributed by atoms with Gasteiger partial charge in [0.1, 0.15) is 12.1 Å². The van der Waals surface area contributed by atoms with Gasteiger partial charge in [0.05, 0.1) is 13.2 Å². The van der Waals surface area contributed by atoms with Crippen molar-refractivity contribution in [1.82, 2.24) is 10.6 Å². The third-order valence-electron chi connectivity index (χ3n) is 9.76. The summed E-state index contributed by atoms with van der Waals surface area (Å²) in [7, 11) is 0. The predicted molar refractivity (Wildman–Crippen MR) is 213 cm³/mol. The quantitative estimate of drug-likeness (QED) is 0.0279. The highest BCUT2D eigenvalue weighted by Gasteiger charge is 2.19. The largest absolute Gasteiger partial charge is 0.480 e. The van der Waals surface area contributed by atoms with Crippen molar-refractivity contribution in [2.45, 2.75) is 225 Å². The molecule has 304 valence electrons. The van der Waals surface area contributed by atoms with Crippen LogP contribution in [0.4, 0.5) is 0 Å². The summed E-state index contributed by atoms with van der Waals surface area (Å²) in [5.41, 5.74) is 0. The van der Waals surface area contributed by atoms with Crippen LogP contribution < -0.4 is 10.6 Å². The molecule has 0 saturated heterocycles. The zero-order chi connectivity index (χ0) is 38.3. The van der Waals surface area contributed by atoms with Crippen LogP contribution in [0.25, 0.3) is 0 Å². The topological polar surface area (TPSA) is 142 Å². The highest BCUT2D eigenvalue weighted by Crippen LogP contribution is 2.18. The van der Waals surface area contributed by atoms with Crippen LogP contribution in [-0.2, 0) is 23.9 Å². The van der Waals surface area contributed by atoms with Crippen molar-refractivity contribution < 1.29 is 34.1 Å². The summed E-state index contributed by atoms with van der Waals surface area (Å²) in [6.07, 6.45) is 39.5. The SMILES string of the molecule is CCCCCCCCCC/C=C\CCCC(CCCCCCCC(=O)NCC(=O)NC(CO)C(=O)O)OC(=O)CCCCCCCCCCCCC. The molecule has 9 nitrogen and oxygen atoms in total. The maximum Gasteiger partial charge on any atom is 0.328 e. The number of aliphatic hydroxyl groups excluding tert-OH is 1. The van der Waals surface area contributed by atoms with Gasteiger partial charge in [-0.25, -0.2) is 4.79 Å². The van der Waals surface area contributed by atoms with Gasteiger partial charge in [-0.1, -0.05) is 154 Å². The molecule has 2 amide bonds. The molecule has 0 aromatic rings. The summed E-state index contributed by atoms with van der Waals surface area (Å²) < 4.78 is 6.00. The summed E-state index contributed by atoms with van der Waals surface area (Å²) >= 11 is 0. The van der Waals surface area contributed by atoms with Gasteiger partial charge in [-0.05, 0) is 57.8 Å². The van der Waals surface area contributed by atoms with Crippen molar-refractivity contribution >= 4 is 23.8 Å². The fraction of sp³-hybridized carbons (Fsp3) is 0.860. The summed E-state index contributed by atoms with van der Waals surface area (Å²) in [4.78, 5) is 47.5. The Morgan fingerprint density at radius 2 is 1.00 bits per heavy atom. The second-order valence-electron chi connectivity index (χ2n) is 14.8. The fourth-order valence-corrected chi connectivity index (χ4v) is 6.42. The second kappa shape index (κ2) is 38.3. The molecular formula is C43H80N2O7. The van der Waals surface area contributed by atoms with Crippen molar-refractivity contribution in [3.63, 3.8) is 0 Å². The number of amides is 2. The number of carbonyl (C=O) groups excluding carboxylic acids is 3. The van der Waals surface area contributed by atoms with E-state index in [4.69, 9.17) is 14.9 Å². The summed E-state index contributed by atoms with van der Waals surface area (Å²) in [6.45, 7) is 3.48. The predicted octanol–water partition coefficient (Wildman–Crippen LogP) is 10.3. The van der Waals surface area contributed by atoms with Gasteiger partial charge in [0.25, 0.3) is 0 Å². The van der Waals surface area contributed by atoms with E-state index in [9.17, 15) is 19.2 Å². The van der Waals surface area contributed by atoms with Crippen LogP contribution in [0.1, 0.15) is 213 Å². The van der Waals surface area contributed by atoms with E-state index in [-0.39, 0.29) is 24.5 Å². The number of hydrogen-bond donors (Lipinski definition) is 4. The molecule has 0 fully saturated rings. The molecule has 0 spiro atoms. The number of allylic oxidation sites excluding steroid dienone is 2. The van der Waals surface area contributed by atoms with Crippen molar-refractivity contribution in [2.75, 3.05) is 13.2 Å². The van der Waals surface area contributed by atoms with Gasteiger partial charge < -0.3 is 25.6 Å². The lowest BCUT2D eigenvalue weighted by atomic mass is 10.0. The van der Waals surface area contributed by atoms with Crippen molar-refractivity contribution in [1.29, 1.82) is 0 Å². The van der Waals surface area contributed by atoms with E-state index in [1.165, 1.54) is 109 Å². The van der Waals surface area contributed by atoms with E-state index < -0.39 is 24.5 Å². The minimum Gasteiger partial charge on any atom is -0.480 e. The molecular weight excluding hydrogens is 656 g/mol. The Hall–Kier alpha value is -2.42. The number of aliphatic hydroxyl groups is 1. The molecule has 0 heterocycles. The first-order valence-electron chi connectivity index (χ1n) is 21.6. The van der Waals surface area contributed by atoms with E-state index in [1.807, 2.05) is 0 Å². The molecule has 9 heteroatoms. The standard InChI is InChI=1S/C43H80N2O7/c1-3-5-7-9-11-13-15-16-18-19-21-24-28-32-38(52-42(49)35-31-27-22-20-17-14-12-10-8-6-4-2)33-29-25-23-26-30-34-40(47)44-36-41(48)45-39(37-46)43(50)51/h19,21,38-39,46H,3-18,20,22-37H2,1-2H3,(H,44,47)(H,45,48)(H,50,51)/b21-19-. The van der Waals surface area contributed by atoms with Crippen LogP contribution in [0.2, 0.25) is 0 Å². The Bertz CT molecular complexity index is 895. The third-order valence-corrected chi connectivity index (χ3v) is 9.76. The molecule has 0 aliphatic carbocycles. The number of esters is 1. The summed E-state index contributed by atoms with van der Waals surface area (Å²) in [5.74, 6) is -2.30. The maximum atomic E-state index is 12.7. The number of carboxylic acid groups (broad SMARTS) is 1. The van der Waals surface area contributed by atoms with Crippen LogP contribution in [0.5, 0.6) is 0 Å². The van der Waals surface area contributed by atoms with Crippen molar-refractivity contribution in [3.05, 3.63) is 12.2 Å². The molecule has 2 atom stereocenters. The summed E-state index contributed by atoms with van der Waals surface area (Å²) in [5, 5.41) is 22.5. The fourth-order valence-electron chi connectivity index (χ4n) is 6.42. The van der Waals surface area contributed by atoms with Crippen LogP contribution in [-0.4, -0.2) is 59.3 Å². The van der Waals surface area contributed by atoms with Crippen LogP contribution in [0, 0.1) is 0 Å². The molecule has 2 unspecified atom stereocenters. The van der Waals surface area contributed by atoms with Crippen LogP contribution >= 0.6 is 0 Å². The lowest BCUT2D eigenvalue weighted by Gasteiger charge is -2.18. The first-order valence-corrected chi connectivity index (χ1v) is 21.6. The molecule has 0 aliphatic heterocycles. The number of hydrogen-bond acceptors (Lipinski definition) is 6. The van der Waals surface area contributed by atoms with Gasteiger partial charge in [0.2, 0.25) is 11.8 Å². The maximum absolute atomic E-state index is 12.7. The number of carboxylic acids is 1. The number of unbranched alkanes of at least 4 members (excludes halogenated alkanes) is 23. The Morgan fingerprint density at radius 3 is 1.52 bits per heavy atom.